The van der Waals surface area contributed by atoms with Crippen molar-refractivity contribution in [2.45, 2.75) is 26.4 Å². The molecule has 3 N–H and O–H groups in total. The second-order valence-electron chi connectivity index (χ2n) is 7.39. The molecule has 2 heterocycles. The molecule has 8 nitrogen and oxygen atoms in total. The van der Waals surface area contributed by atoms with Crippen molar-refractivity contribution in [3.8, 4) is 5.75 Å². The highest BCUT2D eigenvalue weighted by molar-refractivity contribution is 5.46. The zero-order valence-corrected chi connectivity index (χ0v) is 16.6. The first-order valence-corrected chi connectivity index (χ1v) is 9.50. The molecule has 1 saturated heterocycles. The molecular formula is C20H28N4O4. The van der Waals surface area contributed by atoms with Crippen molar-refractivity contribution in [2.75, 3.05) is 39.1 Å². The van der Waals surface area contributed by atoms with Gasteiger partial charge in [0.1, 0.15) is 11.6 Å². The summed E-state index contributed by atoms with van der Waals surface area (Å²) in [6.07, 6.45) is 0. The molecule has 1 aromatic carbocycles. The first-order valence-electron chi connectivity index (χ1n) is 9.50. The first-order chi connectivity index (χ1) is 13.4. The van der Waals surface area contributed by atoms with Gasteiger partial charge in [-0.05, 0) is 23.6 Å². The summed E-state index contributed by atoms with van der Waals surface area (Å²) in [5.74, 6) is 1.16. The van der Waals surface area contributed by atoms with Gasteiger partial charge in [-0.2, -0.15) is 0 Å². The lowest BCUT2D eigenvalue weighted by atomic mass is 9.97. The molecule has 0 unspecified atom stereocenters. The lowest BCUT2D eigenvalue weighted by Crippen LogP contribution is -2.44. The van der Waals surface area contributed by atoms with Crippen LogP contribution in [0.4, 0.5) is 5.82 Å². The molecule has 0 spiro atoms. The fraction of sp³-hybridized carbons (Fsp3) is 0.500. The highest BCUT2D eigenvalue weighted by Gasteiger charge is 2.30. The van der Waals surface area contributed by atoms with Gasteiger partial charge in [0.05, 0.1) is 31.9 Å². The number of morpholine rings is 1. The Labute approximate surface area is 163 Å². The van der Waals surface area contributed by atoms with E-state index in [0.29, 0.717) is 38.4 Å². The van der Waals surface area contributed by atoms with Crippen molar-refractivity contribution < 1.29 is 9.47 Å². The fourth-order valence-corrected chi connectivity index (χ4v) is 3.60. The summed E-state index contributed by atoms with van der Waals surface area (Å²) in [7, 11) is 1.61. The maximum atomic E-state index is 12.8. The van der Waals surface area contributed by atoms with E-state index in [4.69, 9.17) is 15.2 Å². The Morgan fingerprint density at radius 2 is 1.82 bits per heavy atom. The Hall–Kier alpha value is -2.58. The summed E-state index contributed by atoms with van der Waals surface area (Å²) in [6, 6.07) is 7.19. The zero-order valence-electron chi connectivity index (χ0n) is 16.6. The number of nitrogens with zero attached hydrogens (tertiary/aromatic N) is 2. The van der Waals surface area contributed by atoms with E-state index < -0.39 is 11.2 Å². The number of nitrogen functional groups attached to an aromatic ring is 1. The van der Waals surface area contributed by atoms with Crippen LogP contribution in [0.5, 0.6) is 5.75 Å². The third kappa shape index (κ3) is 4.13. The van der Waals surface area contributed by atoms with E-state index >= 15 is 0 Å². The summed E-state index contributed by atoms with van der Waals surface area (Å²) in [4.78, 5) is 29.8. The first kappa shape index (κ1) is 20.2. The van der Waals surface area contributed by atoms with Crippen LogP contribution in [0, 0.1) is 5.92 Å². The molecule has 2 aromatic rings. The van der Waals surface area contributed by atoms with Crippen LogP contribution in [-0.4, -0.2) is 47.9 Å². The summed E-state index contributed by atoms with van der Waals surface area (Å²) < 4.78 is 12.2. The number of nitrogens with two attached hydrogens (primary N) is 1. The predicted octanol–water partition coefficient (Wildman–Crippen LogP) is 1.21. The summed E-state index contributed by atoms with van der Waals surface area (Å²) >= 11 is 0. The van der Waals surface area contributed by atoms with Crippen molar-refractivity contribution in [2.24, 2.45) is 5.92 Å². The van der Waals surface area contributed by atoms with Gasteiger partial charge in [0.25, 0.3) is 5.56 Å². The number of hydrogen-bond acceptors (Lipinski definition) is 6. The largest absolute Gasteiger partial charge is 0.497 e. The number of aromatic nitrogens is 2. The highest BCUT2D eigenvalue weighted by atomic mass is 16.5. The minimum Gasteiger partial charge on any atom is -0.497 e. The average molecular weight is 388 g/mol. The van der Waals surface area contributed by atoms with Crippen molar-refractivity contribution >= 4 is 5.82 Å². The van der Waals surface area contributed by atoms with E-state index in [-0.39, 0.29) is 17.8 Å². The Balaban J connectivity index is 2.16. The monoisotopic (exact) mass is 388 g/mol. The van der Waals surface area contributed by atoms with Gasteiger partial charge in [-0.15, -0.1) is 0 Å². The molecule has 152 valence electrons. The molecule has 0 radical (unpaired) electrons. The number of hydrogen-bond donors (Lipinski definition) is 2. The minimum atomic E-state index is -0.476. The Bertz CT molecular complexity index is 911. The van der Waals surface area contributed by atoms with Gasteiger partial charge in [0.2, 0.25) is 0 Å². The second-order valence-corrected chi connectivity index (χ2v) is 7.39. The van der Waals surface area contributed by atoms with Crippen LogP contribution in [0.2, 0.25) is 0 Å². The third-order valence-corrected chi connectivity index (χ3v) is 4.94. The van der Waals surface area contributed by atoms with Crippen LogP contribution in [0.15, 0.2) is 33.9 Å². The van der Waals surface area contributed by atoms with Gasteiger partial charge < -0.3 is 15.2 Å². The molecule has 0 saturated carbocycles. The summed E-state index contributed by atoms with van der Waals surface area (Å²) in [6.45, 7) is 6.93. The quantitative estimate of drug-likeness (QED) is 0.771. The maximum absolute atomic E-state index is 12.8. The molecule has 1 aliphatic rings. The number of ether oxygens (including phenoxy) is 2. The normalized spacial score (nSPS) is 16.3. The zero-order chi connectivity index (χ0) is 20.3. The van der Waals surface area contributed by atoms with Crippen LogP contribution in [0.3, 0.4) is 0 Å². The fourth-order valence-electron chi connectivity index (χ4n) is 3.60. The van der Waals surface area contributed by atoms with Crippen molar-refractivity contribution in [1.29, 1.82) is 0 Å². The topological polar surface area (TPSA) is 103 Å². The average Bonchev–Trinajstić information content (AvgIpc) is 2.69. The van der Waals surface area contributed by atoms with E-state index in [0.717, 1.165) is 11.3 Å². The number of methoxy groups -OCH3 is 1. The predicted molar refractivity (Wildman–Crippen MR) is 108 cm³/mol. The summed E-state index contributed by atoms with van der Waals surface area (Å²) in [5, 5.41) is 0. The van der Waals surface area contributed by atoms with Crippen molar-refractivity contribution in [3.05, 3.63) is 56.2 Å². The Morgan fingerprint density at radius 3 is 2.39 bits per heavy atom. The molecule has 0 bridgehead atoms. The smallest absolute Gasteiger partial charge is 0.329 e. The van der Waals surface area contributed by atoms with Gasteiger partial charge >= 0.3 is 5.69 Å². The van der Waals surface area contributed by atoms with Gasteiger partial charge in [0, 0.05) is 19.6 Å². The molecule has 0 amide bonds. The Kier molecular flexibility index (Phi) is 6.21. The molecular weight excluding hydrogens is 360 g/mol. The van der Waals surface area contributed by atoms with E-state index in [2.05, 4.69) is 9.88 Å². The second kappa shape index (κ2) is 8.62. The minimum absolute atomic E-state index is 0.210. The number of nitrogens with one attached hydrogen (secondary N) is 1. The van der Waals surface area contributed by atoms with Crippen molar-refractivity contribution in [1.82, 2.24) is 14.5 Å². The highest BCUT2D eigenvalue weighted by Crippen LogP contribution is 2.31. The molecule has 1 aromatic heterocycles. The van der Waals surface area contributed by atoms with Crippen molar-refractivity contribution in [3.63, 3.8) is 0 Å². The number of anilines is 1. The number of aromatic amines is 1. The van der Waals surface area contributed by atoms with E-state index in [1.807, 2.05) is 38.1 Å². The van der Waals surface area contributed by atoms with Crippen LogP contribution in [-0.2, 0) is 11.3 Å². The third-order valence-electron chi connectivity index (χ3n) is 4.94. The SMILES string of the molecule is COc1ccc([C@@H](c2c(N)n(CC(C)C)c(=O)[nH]c2=O)N2CCOCC2)cc1. The molecule has 3 rings (SSSR count). The molecule has 8 heteroatoms. The maximum Gasteiger partial charge on any atom is 0.329 e. The molecule has 28 heavy (non-hydrogen) atoms. The van der Waals surface area contributed by atoms with Gasteiger partial charge in [-0.25, -0.2) is 4.79 Å². The van der Waals surface area contributed by atoms with E-state index in [9.17, 15) is 9.59 Å². The summed E-state index contributed by atoms with van der Waals surface area (Å²) in [5.41, 5.74) is 6.78. The van der Waals surface area contributed by atoms with Crippen LogP contribution in [0.25, 0.3) is 0 Å². The van der Waals surface area contributed by atoms with E-state index in [1.165, 1.54) is 4.57 Å². The lowest BCUT2D eigenvalue weighted by Gasteiger charge is -2.35. The van der Waals surface area contributed by atoms with E-state index in [1.54, 1.807) is 7.11 Å². The number of rotatable bonds is 6. The van der Waals surface area contributed by atoms with Crippen LogP contribution < -0.4 is 21.7 Å². The molecule has 0 aliphatic carbocycles. The number of H-pyrrole nitrogens is 1. The Morgan fingerprint density at radius 1 is 1.18 bits per heavy atom. The lowest BCUT2D eigenvalue weighted by molar-refractivity contribution is 0.0237. The molecule has 1 atom stereocenters. The van der Waals surface area contributed by atoms with Crippen LogP contribution >= 0.6 is 0 Å². The van der Waals surface area contributed by atoms with Gasteiger partial charge in [-0.3, -0.25) is 19.2 Å². The standard InChI is InChI=1S/C20H28N4O4/c1-13(2)12-24-18(21)16(19(25)22-20(24)26)17(23-8-10-28-11-9-23)14-4-6-15(27-3)7-5-14/h4-7,13,17H,8-12,21H2,1-3H3,(H,22,25,26)/t17-/m0/s1. The van der Waals surface area contributed by atoms with Gasteiger partial charge in [-0.1, -0.05) is 26.0 Å². The molecule has 1 aliphatic heterocycles. The molecule has 1 fully saturated rings. The van der Waals surface area contributed by atoms with Crippen LogP contribution in [0.1, 0.15) is 31.0 Å². The number of benzene rings is 1. The van der Waals surface area contributed by atoms with Gasteiger partial charge in [0.15, 0.2) is 0 Å².